The van der Waals surface area contributed by atoms with Gasteiger partial charge >= 0.3 is 0 Å². The van der Waals surface area contributed by atoms with Crippen LogP contribution in [-0.2, 0) is 13.7 Å². The summed E-state index contributed by atoms with van der Waals surface area (Å²) in [6.45, 7) is 0.417. The highest BCUT2D eigenvalue weighted by Gasteiger charge is 2.12. The van der Waals surface area contributed by atoms with Crippen LogP contribution < -0.4 is 4.74 Å². The summed E-state index contributed by atoms with van der Waals surface area (Å²) in [5.74, 6) is 1.28. The molecule has 3 aromatic heterocycles. The molecule has 0 saturated carbocycles. The van der Waals surface area contributed by atoms with Crippen LogP contribution >= 0.6 is 27.5 Å². The van der Waals surface area contributed by atoms with Gasteiger partial charge in [-0.05, 0) is 23.8 Å². The van der Waals surface area contributed by atoms with E-state index in [0.29, 0.717) is 23.2 Å². The monoisotopic (exact) mass is 468 g/mol. The van der Waals surface area contributed by atoms with Crippen LogP contribution in [0.3, 0.4) is 0 Å². The highest BCUT2D eigenvalue weighted by atomic mass is 79.9. The van der Waals surface area contributed by atoms with Gasteiger partial charge < -0.3 is 4.74 Å². The van der Waals surface area contributed by atoms with Gasteiger partial charge in [-0.15, -0.1) is 5.10 Å². The zero-order valence-electron chi connectivity index (χ0n) is 15.3. The minimum Gasteiger partial charge on any atom is -0.487 e. The lowest BCUT2D eigenvalue weighted by atomic mass is 10.1. The number of rotatable bonds is 4. The standard InChI is InChI=1S/C20H14BrClN6O/c1-27-19-15(9-24-27)20-25-18(26-28(20)11-23-19)13-4-2-12(3-5-13)10-29-17-7-6-14(21)8-16(17)22/h2-9,11H,10H2,1H3. The van der Waals surface area contributed by atoms with Crippen molar-refractivity contribution in [2.24, 2.45) is 7.05 Å². The van der Waals surface area contributed by atoms with E-state index in [1.165, 1.54) is 0 Å². The van der Waals surface area contributed by atoms with E-state index in [0.717, 1.165) is 32.3 Å². The second-order valence-corrected chi connectivity index (χ2v) is 7.84. The summed E-state index contributed by atoms with van der Waals surface area (Å²) in [5.41, 5.74) is 3.44. The van der Waals surface area contributed by atoms with Crippen molar-refractivity contribution in [3.63, 3.8) is 0 Å². The third-order valence-corrected chi connectivity index (χ3v) is 5.36. The molecule has 0 bridgehead atoms. The molecule has 29 heavy (non-hydrogen) atoms. The van der Waals surface area contributed by atoms with Crippen LogP contribution in [-0.4, -0.2) is 29.4 Å². The maximum absolute atomic E-state index is 6.20. The lowest BCUT2D eigenvalue weighted by Gasteiger charge is -2.08. The second-order valence-electron chi connectivity index (χ2n) is 6.51. The molecule has 0 aliphatic rings. The number of benzene rings is 2. The van der Waals surface area contributed by atoms with Crippen molar-refractivity contribution in [2.45, 2.75) is 6.61 Å². The smallest absolute Gasteiger partial charge is 0.182 e. The first kappa shape index (κ1) is 18.1. The SMILES string of the molecule is Cn1ncc2c1ncn1nc(-c3ccc(COc4ccc(Br)cc4Cl)cc3)nc21. The van der Waals surface area contributed by atoms with Crippen LogP contribution in [0.5, 0.6) is 5.75 Å². The number of hydrogen-bond acceptors (Lipinski definition) is 5. The van der Waals surface area contributed by atoms with Crippen molar-refractivity contribution in [1.82, 2.24) is 29.4 Å². The van der Waals surface area contributed by atoms with Crippen LogP contribution in [0.2, 0.25) is 5.02 Å². The number of aromatic nitrogens is 6. The van der Waals surface area contributed by atoms with Crippen LogP contribution in [0, 0.1) is 0 Å². The normalized spacial score (nSPS) is 11.4. The Morgan fingerprint density at radius 3 is 2.72 bits per heavy atom. The molecular formula is C20H14BrClN6O. The molecule has 0 radical (unpaired) electrons. The van der Waals surface area contributed by atoms with Crippen LogP contribution in [0.1, 0.15) is 5.56 Å². The Labute approximate surface area is 179 Å². The molecule has 0 fully saturated rings. The molecule has 0 aliphatic heterocycles. The van der Waals surface area contributed by atoms with Gasteiger partial charge in [-0.1, -0.05) is 51.8 Å². The molecule has 0 saturated heterocycles. The average Bonchev–Trinajstić information content (AvgIpc) is 3.31. The van der Waals surface area contributed by atoms with Crippen molar-refractivity contribution in [2.75, 3.05) is 0 Å². The first-order valence-corrected chi connectivity index (χ1v) is 9.96. The Morgan fingerprint density at radius 1 is 1.10 bits per heavy atom. The summed E-state index contributed by atoms with van der Waals surface area (Å²) in [4.78, 5) is 9.06. The Morgan fingerprint density at radius 2 is 1.93 bits per heavy atom. The molecule has 5 aromatic rings. The Hall–Kier alpha value is -2.97. The number of hydrogen-bond donors (Lipinski definition) is 0. The van der Waals surface area contributed by atoms with Crippen LogP contribution in [0.25, 0.3) is 28.1 Å². The largest absolute Gasteiger partial charge is 0.487 e. The van der Waals surface area contributed by atoms with E-state index in [1.807, 2.05) is 49.5 Å². The maximum atomic E-state index is 6.20. The molecular weight excluding hydrogens is 456 g/mol. The van der Waals surface area contributed by atoms with Crippen molar-refractivity contribution in [3.05, 3.63) is 70.0 Å². The van der Waals surface area contributed by atoms with Crippen molar-refractivity contribution < 1.29 is 4.74 Å². The van der Waals surface area contributed by atoms with Gasteiger partial charge in [-0.25, -0.2) is 14.5 Å². The van der Waals surface area contributed by atoms with Crippen molar-refractivity contribution in [3.8, 4) is 17.1 Å². The number of halogens is 2. The number of nitrogens with zero attached hydrogens (tertiary/aromatic N) is 6. The molecule has 0 atom stereocenters. The minimum absolute atomic E-state index is 0.417. The predicted octanol–water partition coefficient (Wildman–Crippen LogP) is 4.67. The lowest BCUT2D eigenvalue weighted by Crippen LogP contribution is -1.96. The third-order valence-electron chi connectivity index (χ3n) is 4.57. The number of aryl methyl sites for hydroxylation is 1. The lowest BCUT2D eigenvalue weighted by molar-refractivity contribution is 0.306. The van der Waals surface area contributed by atoms with Crippen molar-refractivity contribution in [1.29, 1.82) is 0 Å². The zero-order valence-corrected chi connectivity index (χ0v) is 17.6. The molecule has 7 nitrogen and oxygen atoms in total. The van der Waals surface area contributed by atoms with Gasteiger partial charge in [0.25, 0.3) is 0 Å². The first-order chi connectivity index (χ1) is 14.1. The average molecular weight is 470 g/mol. The summed E-state index contributed by atoms with van der Waals surface area (Å²) >= 11 is 9.59. The summed E-state index contributed by atoms with van der Waals surface area (Å²) in [6, 6.07) is 13.5. The predicted molar refractivity (Wildman–Crippen MR) is 114 cm³/mol. The summed E-state index contributed by atoms with van der Waals surface area (Å²) in [5, 5.41) is 10.2. The van der Waals surface area contributed by atoms with Gasteiger partial charge in [0.05, 0.1) is 16.6 Å². The summed E-state index contributed by atoms with van der Waals surface area (Å²) < 4.78 is 10.1. The van der Waals surface area contributed by atoms with E-state index in [9.17, 15) is 0 Å². The Balaban J connectivity index is 1.39. The summed E-state index contributed by atoms with van der Waals surface area (Å²) in [6.07, 6.45) is 3.41. The molecule has 0 N–H and O–H groups in total. The van der Waals surface area contributed by atoms with Gasteiger partial charge in [0.2, 0.25) is 0 Å². The molecule has 2 aromatic carbocycles. The fourth-order valence-corrected chi connectivity index (χ4v) is 3.79. The van der Waals surface area contributed by atoms with Crippen LogP contribution in [0.15, 0.2) is 59.5 Å². The molecule has 3 heterocycles. The molecule has 5 rings (SSSR count). The molecule has 9 heteroatoms. The quantitative estimate of drug-likeness (QED) is 0.382. The van der Waals surface area contributed by atoms with E-state index in [4.69, 9.17) is 16.3 Å². The first-order valence-electron chi connectivity index (χ1n) is 8.79. The van der Waals surface area contributed by atoms with E-state index in [2.05, 4.69) is 36.1 Å². The van der Waals surface area contributed by atoms with E-state index in [1.54, 1.807) is 21.7 Å². The van der Waals surface area contributed by atoms with Crippen LogP contribution in [0.4, 0.5) is 0 Å². The fourth-order valence-electron chi connectivity index (χ4n) is 3.06. The Kier molecular flexibility index (Phi) is 4.44. The molecule has 144 valence electrons. The second kappa shape index (κ2) is 7.13. The minimum atomic E-state index is 0.417. The van der Waals surface area contributed by atoms with E-state index in [-0.39, 0.29) is 0 Å². The highest BCUT2D eigenvalue weighted by molar-refractivity contribution is 9.10. The van der Waals surface area contributed by atoms with Gasteiger partial charge in [0.1, 0.15) is 18.7 Å². The van der Waals surface area contributed by atoms with Gasteiger partial charge in [0.15, 0.2) is 17.1 Å². The van der Waals surface area contributed by atoms with Crippen molar-refractivity contribution >= 4 is 44.2 Å². The molecule has 0 aliphatic carbocycles. The molecule has 0 amide bonds. The number of fused-ring (bicyclic) bond motifs is 3. The molecule has 0 unspecified atom stereocenters. The topological polar surface area (TPSA) is 70.1 Å². The Bertz CT molecular complexity index is 1340. The van der Waals surface area contributed by atoms with Gasteiger partial charge in [0, 0.05) is 17.1 Å². The van der Waals surface area contributed by atoms with Gasteiger partial charge in [-0.2, -0.15) is 5.10 Å². The maximum Gasteiger partial charge on any atom is 0.182 e. The number of ether oxygens (including phenoxy) is 1. The zero-order chi connectivity index (χ0) is 20.0. The van der Waals surface area contributed by atoms with Gasteiger partial charge in [-0.3, -0.25) is 4.68 Å². The third kappa shape index (κ3) is 3.34. The van der Waals surface area contributed by atoms with E-state index >= 15 is 0 Å². The fraction of sp³-hybridized carbons (Fsp3) is 0.100. The van der Waals surface area contributed by atoms with E-state index < -0.39 is 0 Å². The highest BCUT2D eigenvalue weighted by Crippen LogP contribution is 2.28. The molecule has 0 spiro atoms. The summed E-state index contributed by atoms with van der Waals surface area (Å²) in [7, 11) is 1.85.